The van der Waals surface area contributed by atoms with E-state index >= 15 is 0 Å². The third-order valence-corrected chi connectivity index (χ3v) is 6.75. The zero-order valence-electron chi connectivity index (χ0n) is 11.2. The number of aryl methyl sites for hydroxylation is 1. The van der Waals surface area contributed by atoms with Gasteiger partial charge in [0.2, 0.25) is 0 Å². The molecule has 0 saturated carbocycles. The van der Waals surface area contributed by atoms with Gasteiger partial charge in [-0.2, -0.15) is 0 Å². The lowest BCUT2D eigenvalue weighted by atomic mass is 10.1. The highest BCUT2D eigenvalue weighted by Gasteiger charge is 2.41. The van der Waals surface area contributed by atoms with Crippen molar-refractivity contribution in [1.29, 1.82) is 0 Å². The second-order valence-electron chi connectivity index (χ2n) is 5.04. The Bertz CT molecular complexity index is 600. The highest BCUT2D eigenvalue weighted by molar-refractivity contribution is 9.10. The maximum Gasteiger partial charge on any atom is 0.185 e. The summed E-state index contributed by atoms with van der Waals surface area (Å²) in [5.74, 6) is 0. The van der Waals surface area contributed by atoms with E-state index in [0.29, 0.717) is 10.6 Å². The van der Waals surface area contributed by atoms with E-state index in [1.807, 2.05) is 31.9 Å². The number of sulfone groups is 1. The molecule has 0 amide bonds. The first-order chi connectivity index (χ1) is 8.80. The van der Waals surface area contributed by atoms with Gasteiger partial charge >= 0.3 is 0 Å². The molecule has 0 bridgehead atoms. The Kier molecular flexibility index (Phi) is 3.95. The van der Waals surface area contributed by atoms with Crippen LogP contribution in [0.2, 0.25) is 0 Å². The molecule has 2 unspecified atom stereocenters. The van der Waals surface area contributed by atoms with Gasteiger partial charge in [0.25, 0.3) is 0 Å². The van der Waals surface area contributed by atoms with Crippen LogP contribution in [0.3, 0.4) is 0 Å². The van der Waals surface area contributed by atoms with Crippen molar-refractivity contribution in [1.82, 2.24) is 0 Å². The van der Waals surface area contributed by atoms with Crippen molar-refractivity contribution in [3.05, 3.63) is 22.2 Å². The molecule has 2 atom stereocenters. The van der Waals surface area contributed by atoms with E-state index in [1.54, 1.807) is 6.07 Å². The summed E-state index contributed by atoms with van der Waals surface area (Å²) in [6.07, 6.45) is 0.263. The summed E-state index contributed by atoms with van der Waals surface area (Å²) < 4.78 is 26.2. The van der Waals surface area contributed by atoms with Crippen molar-refractivity contribution >= 4 is 31.5 Å². The topological polar surface area (TPSA) is 57.6 Å². The van der Waals surface area contributed by atoms with Crippen molar-refractivity contribution in [2.75, 3.05) is 18.6 Å². The molecule has 0 radical (unpaired) electrons. The Balaban J connectivity index is 2.71. The monoisotopic (exact) mass is 347 g/mol. The van der Waals surface area contributed by atoms with Crippen molar-refractivity contribution < 1.29 is 13.5 Å². The lowest BCUT2D eigenvalue weighted by molar-refractivity contribution is 0.280. The van der Waals surface area contributed by atoms with Crippen LogP contribution in [0.1, 0.15) is 18.9 Å². The minimum Gasteiger partial charge on any atom is -0.396 e. The van der Waals surface area contributed by atoms with Gasteiger partial charge in [0.15, 0.2) is 9.84 Å². The van der Waals surface area contributed by atoms with Crippen LogP contribution in [0.15, 0.2) is 21.5 Å². The average molecular weight is 348 g/mol. The molecule has 0 aromatic heterocycles. The minimum absolute atomic E-state index is 0.121. The lowest BCUT2D eigenvalue weighted by Gasteiger charge is -2.39. The maximum atomic E-state index is 12.7. The van der Waals surface area contributed by atoms with E-state index in [4.69, 9.17) is 5.11 Å². The lowest BCUT2D eigenvalue weighted by Crippen LogP contribution is -2.48. The summed E-state index contributed by atoms with van der Waals surface area (Å²) in [4.78, 5) is 2.33. The van der Waals surface area contributed by atoms with Crippen LogP contribution >= 0.6 is 15.9 Å². The fourth-order valence-corrected chi connectivity index (χ4v) is 5.96. The predicted octanol–water partition coefficient (Wildman–Crippen LogP) is 2.12. The molecule has 1 aromatic carbocycles. The number of anilines is 1. The Hall–Kier alpha value is -0.590. The Morgan fingerprint density at radius 3 is 2.63 bits per heavy atom. The number of aliphatic hydroxyl groups excluding tert-OH is 1. The van der Waals surface area contributed by atoms with Gasteiger partial charge < -0.3 is 10.0 Å². The molecule has 0 aliphatic carbocycles. The number of nitrogens with zero attached hydrogens (tertiary/aromatic N) is 1. The van der Waals surface area contributed by atoms with E-state index in [1.165, 1.54) is 0 Å². The largest absolute Gasteiger partial charge is 0.396 e. The van der Waals surface area contributed by atoms with Crippen molar-refractivity contribution in [3.63, 3.8) is 0 Å². The molecule has 1 aliphatic heterocycles. The molecule has 1 aromatic rings. The fourth-order valence-electron chi connectivity index (χ4n) is 2.66. The third kappa shape index (κ3) is 2.30. The second-order valence-corrected chi connectivity index (χ2v) is 8.03. The number of hydrogen-bond acceptors (Lipinski definition) is 4. The van der Waals surface area contributed by atoms with Crippen LogP contribution in [0.25, 0.3) is 0 Å². The summed E-state index contributed by atoms with van der Waals surface area (Å²) in [5.41, 5.74) is 1.62. The maximum absolute atomic E-state index is 12.7. The average Bonchev–Trinajstić information content (AvgIpc) is 2.31. The molecule has 2 rings (SSSR count). The molecule has 6 heteroatoms. The third-order valence-electron chi connectivity index (χ3n) is 3.79. The molecule has 1 heterocycles. The number of hydrogen-bond donors (Lipinski definition) is 1. The summed E-state index contributed by atoms with van der Waals surface area (Å²) in [6, 6.07) is 3.47. The van der Waals surface area contributed by atoms with E-state index < -0.39 is 15.1 Å². The SMILES string of the molecule is Cc1cc(Br)c2c(c1)S(=O)(=O)C(CCO)C(C)N2C. The van der Waals surface area contributed by atoms with Gasteiger partial charge in [0.05, 0.1) is 15.8 Å². The van der Waals surface area contributed by atoms with Crippen LogP contribution in [-0.4, -0.2) is 38.5 Å². The van der Waals surface area contributed by atoms with E-state index in [-0.39, 0.29) is 19.1 Å². The summed E-state index contributed by atoms with van der Waals surface area (Å²) in [7, 11) is -1.51. The Labute approximate surface area is 122 Å². The molecule has 19 heavy (non-hydrogen) atoms. The molecule has 1 aliphatic rings. The smallest absolute Gasteiger partial charge is 0.185 e. The molecule has 0 fully saturated rings. The Morgan fingerprint density at radius 2 is 2.05 bits per heavy atom. The quantitative estimate of drug-likeness (QED) is 0.890. The summed E-state index contributed by atoms with van der Waals surface area (Å²) in [5, 5.41) is 8.55. The van der Waals surface area contributed by atoms with Crippen LogP contribution < -0.4 is 4.90 Å². The molecule has 106 valence electrons. The standard InChI is InChI=1S/C13H18BrNO3S/c1-8-6-10(14)13-12(7-8)19(17,18)11(4-5-16)9(2)15(13)3/h6-7,9,11,16H,4-5H2,1-3H3. The van der Waals surface area contributed by atoms with Gasteiger partial charge in [-0.1, -0.05) is 0 Å². The van der Waals surface area contributed by atoms with Gasteiger partial charge in [0.1, 0.15) is 0 Å². The first-order valence-electron chi connectivity index (χ1n) is 6.18. The molecule has 1 N–H and O–H groups in total. The van der Waals surface area contributed by atoms with Crippen molar-refractivity contribution in [2.45, 2.75) is 36.5 Å². The fraction of sp³-hybridized carbons (Fsp3) is 0.538. The molecular weight excluding hydrogens is 330 g/mol. The van der Waals surface area contributed by atoms with Crippen LogP contribution in [0.5, 0.6) is 0 Å². The van der Waals surface area contributed by atoms with Gasteiger partial charge in [0, 0.05) is 24.2 Å². The molecular formula is C13H18BrNO3S. The van der Waals surface area contributed by atoms with Gasteiger partial charge in [-0.05, 0) is 53.9 Å². The van der Waals surface area contributed by atoms with E-state index in [0.717, 1.165) is 10.0 Å². The number of halogens is 1. The Morgan fingerprint density at radius 1 is 1.42 bits per heavy atom. The highest BCUT2D eigenvalue weighted by Crippen LogP contribution is 2.42. The first kappa shape index (κ1) is 14.8. The number of fused-ring (bicyclic) bond motifs is 1. The van der Waals surface area contributed by atoms with Crippen molar-refractivity contribution in [3.8, 4) is 0 Å². The zero-order chi connectivity index (χ0) is 14.4. The predicted molar refractivity (Wildman–Crippen MR) is 79.4 cm³/mol. The van der Waals surface area contributed by atoms with Crippen molar-refractivity contribution in [2.24, 2.45) is 0 Å². The normalized spacial score (nSPS) is 25.2. The minimum atomic E-state index is -3.40. The van der Waals surface area contributed by atoms with Gasteiger partial charge in [-0.3, -0.25) is 0 Å². The number of benzene rings is 1. The van der Waals surface area contributed by atoms with E-state index in [9.17, 15) is 8.42 Å². The second kappa shape index (κ2) is 5.07. The van der Waals surface area contributed by atoms with Crippen LogP contribution in [0.4, 0.5) is 5.69 Å². The summed E-state index contributed by atoms with van der Waals surface area (Å²) >= 11 is 3.46. The van der Waals surface area contributed by atoms with Crippen LogP contribution in [0, 0.1) is 6.92 Å². The molecule has 0 spiro atoms. The molecule has 4 nitrogen and oxygen atoms in total. The van der Waals surface area contributed by atoms with Crippen LogP contribution in [-0.2, 0) is 9.84 Å². The zero-order valence-corrected chi connectivity index (χ0v) is 13.6. The number of aliphatic hydroxyl groups is 1. The number of rotatable bonds is 2. The van der Waals surface area contributed by atoms with Gasteiger partial charge in [-0.25, -0.2) is 8.42 Å². The summed E-state index contributed by atoms with van der Waals surface area (Å²) in [6.45, 7) is 3.64. The first-order valence-corrected chi connectivity index (χ1v) is 8.52. The highest BCUT2D eigenvalue weighted by atomic mass is 79.9. The molecule has 0 saturated heterocycles. The van der Waals surface area contributed by atoms with Gasteiger partial charge in [-0.15, -0.1) is 0 Å². The van der Waals surface area contributed by atoms with E-state index in [2.05, 4.69) is 15.9 Å².